The summed E-state index contributed by atoms with van der Waals surface area (Å²) in [6.07, 6.45) is -5.09. The van der Waals surface area contributed by atoms with E-state index in [1.807, 2.05) is 0 Å². The number of benzene rings is 1. The standard InChI is InChI=1S/C9H13NO2.C4H6O6/c1-10-6-9(12)7-3-2-4-8(11)5-7;5-1(3(7)8)2(6)4(9)10/h2-5,9-12H,6H2,1H3;1-2,5-6H,(H,7,8)(H,9,10)/t9-;/m0./s1. The molecular weight excluding hydrogens is 298 g/mol. The van der Waals surface area contributed by atoms with Gasteiger partial charge < -0.3 is 36.0 Å². The van der Waals surface area contributed by atoms with E-state index < -0.39 is 30.3 Å². The first-order valence-electron chi connectivity index (χ1n) is 6.14. The van der Waals surface area contributed by atoms with E-state index in [9.17, 15) is 14.7 Å². The van der Waals surface area contributed by atoms with Gasteiger partial charge in [-0.2, -0.15) is 0 Å². The summed E-state index contributed by atoms with van der Waals surface area (Å²) in [5.41, 5.74) is 0.726. The van der Waals surface area contributed by atoms with Crippen molar-refractivity contribution in [3.63, 3.8) is 0 Å². The lowest BCUT2D eigenvalue weighted by Crippen LogP contribution is -2.39. The Kier molecular flexibility index (Phi) is 8.72. The van der Waals surface area contributed by atoms with E-state index in [1.54, 1.807) is 31.3 Å². The molecule has 2 unspecified atom stereocenters. The largest absolute Gasteiger partial charge is 0.508 e. The molecule has 0 aromatic heterocycles. The van der Waals surface area contributed by atoms with Crippen molar-refractivity contribution in [2.24, 2.45) is 0 Å². The van der Waals surface area contributed by atoms with Crippen LogP contribution in [0.5, 0.6) is 5.75 Å². The van der Waals surface area contributed by atoms with Crippen molar-refractivity contribution in [3.05, 3.63) is 29.8 Å². The molecule has 7 N–H and O–H groups in total. The van der Waals surface area contributed by atoms with Crippen molar-refractivity contribution < 1.29 is 40.2 Å². The Labute approximate surface area is 126 Å². The third kappa shape index (κ3) is 6.99. The molecule has 22 heavy (non-hydrogen) atoms. The maximum atomic E-state index is 9.77. The van der Waals surface area contributed by atoms with E-state index in [1.165, 1.54) is 0 Å². The Morgan fingerprint density at radius 2 is 1.59 bits per heavy atom. The summed E-state index contributed by atoms with van der Waals surface area (Å²) in [5, 5.41) is 53.9. The molecule has 1 rings (SSSR count). The zero-order chi connectivity index (χ0) is 17.3. The van der Waals surface area contributed by atoms with E-state index in [0.717, 1.165) is 5.56 Å². The van der Waals surface area contributed by atoms with E-state index in [-0.39, 0.29) is 5.75 Å². The van der Waals surface area contributed by atoms with Crippen LogP contribution in [0.4, 0.5) is 0 Å². The molecule has 0 saturated carbocycles. The predicted octanol–water partition coefficient (Wildman–Crippen LogP) is -1.48. The second kappa shape index (κ2) is 9.68. The number of phenols is 1. The lowest BCUT2D eigenvalue weighted by Gasteiger charge is -2.09. The summed E-state index contributed by atoms with van der Waals surface area (Å²) >= 11 is 0. The number of hydrogen-bond acceptors (Lipinski definition) is 7. The van der Waals surface area contributed by atoms with E-state index >= 15 is 0 Å². The minimum Gasteiger partial charge on any atom is -0.508 e. The average Bonchev–Trinajstić information content (AvgIpc) is 2.46. The first-order chi connectivity index (χ1) is 10.2. The highest BCUT2D eigenvalue weighted by Crippen LogP contribution is 2.17. The van der Waals surface area contributed by atoms with E-state index in [4.69, 9.17) is 25.5 Å². The van der Waals surface area contributed by atoms with Gasteiger partial charge in [-0.15, -0.1) is 0 Å². The van der Waals surface area contributed by atoms with Gasteiger partial charge in [-0.05, 0) is 24.7 Å². The number of rotatable bonds is 6. The maximum Gasteiger partial charge on any atom is 0.335 e. The fourth-order valence-electron chi connectivity index (χ4n) is 1.31. The van der Waals surface area contributed by atoms with Gasteiger partial charge in [-0.25, -0.2) is 9.59 Å². The number of nitrogens with one attached hydrogen (secondary N) is 1. The summed E-state index contributed by atoms with van der Waals surface area (Å²) < 4.78 is 0. The van der Waals surface area contributed by atoms with Gasteiger partial charge in [0.15, 0.2) is 12.2 Å². The van der Waals surface area contributed by atoms with Crippen LogP contribution >= 0.6 is 0 Å². The third-order valence-electron chi connectivity index (χ3n) is 2.46. The molecule has 0 saturated heterocycles. The van der Waals surface area contributed by atoms with Crippen molar-refractivity contribution in [3.8, 4) is 5.75 Å². The smallest absolute Gasteiger partial charge is 0.335 e. The van der Waals surface area contributed by atoms with E-state index in [2.05, 4.69) is 5.32 Å². The van der Waals surface area contributed by atoms with Gasteiger partial charge in [-0.3, -0.25) is 0 Å². The number of phenolic OH excluding ortho intramolecular Hbond substituents is 1. The van der Waals surface area contributed by atoms with Gasteiger partial charge in [0.1, 0.15) is 5.75 Å². The minimum absolute atomic E-state index is 0.183. The Morgan fingerprint density at radius 3 is 1.95 bits per heavy atom. The highest BCUT2D eigenvalue weighted by atomic mass is 16.4. The quantitative estimate of drug-likeness (QED) is 0.331. The molecule has 0 bridgehead atoms. The fraction of sp³-hybridized carbons (Fsp3) is 0.385. The van der Waals surface area contributed by atoms with Gasteiger partial charge in [0.25, 0.3) is 0 Å². The lowest BCUT2D eigenvalue weighted by molar-refractivity contribution is -0.165. The Morgan fingerprint density at radius 1 is 1.09 bits per heavy atom. The van der Waals surface area contributed by atoms with Gasteiger partial charge in [-0.1, -0.05) is 12.1 Å². The first kappa shape index (κ1) is 19.8. The zero-order valence-electron chi connectivity index (χ0n) is 11.7. The molecular formula is C13H19NO8. The number of carbonyl (C=O) groups is 2. The van der Waals surface area contributed by atoms with Gasteiger partial charge in [0.2, 0.25) is 0 Å². The van der Waals surface area contributed by atoms with Crippen molar-refractivity contribution in [1.82, 2.24) is 5.32 Å². The summed E-state index contributed by atoms with van der Waals surface area (Å²) in [6, 6.07) is 6.63. The molecule has 0 fully saturated rings. The maximum absolute atomic E-state index is 9.77. The SMILES string of the molecule is CNC[C@H](O)c1cccc(O)c1.O=C(O)C(O)C(O)C(=O)O. The van der Waals surface area contributed by atoms with Crippen molar-refractivity contribution in [1.29, 1.82) is 0 Å². The number of aromatic hydroxyl groups is 1. The van der Waals surface area contributed by atoms with Crippen LogP contribution in [0.1, 0.15) is 11.7 Å². The number of carboxylic acids is 2. The Balaban J connectivity index is 0.000000409. The molecule has 0 radical (unpaired) electrons. The molecule has 9 heteroatoms. The van der Waals surface area contributed by atoms with E-state index in [0.29, 0.717) is 6.54 Å². The van der Waals surface area contributed by atoms with Gasteiger partial charge in [0.05, 0.1) is 6.10 Å². The van der Waals surface area contributed by atoms with Crippen LogP contribution in [0, 0.1) is 0 Å². The molecule has 0 aliphatic carbocycles. The molecule has 1 aromatic rings. The molecule has 1 aromatic carbocycles. The number of carboxylic acid groups (broad SMARTS) is 2. The number of likely N-dealkylation sites (N-methyl/N-ethyl adjacent to an activating group) is 1. The molecule has 3 atom stereocenters. The van der Waals surface area contributed by atoms with Crippen LogP contribution in [-0.4, -0.2) is 68.4 Å². The number of hydrogen-bond donors (Lipinski definition) is 7. The topological polar surface area (TPSA) is 168 Å². The fourth-order valence-corrected chi connectivity index (χ4v) is 1.31. The number of aliphatic carboxylic acids is 2. The average molecular weight is 317 g/mol. The van der Waals surface area contributed by atoms with Crippen molar-refractivity contribution in [2.75, 3.05) is 13.6 Å². The summed E-state index contributed by atoms with van der Waals surface area (Å²) in [5.74, 6) is -3.35. The lowest BCUT2D eigenvalue weighted by atomic mass is 10.1. The van der Waals surface area contributed by atoms with Gasteiger partial charge >= 0.3 is 11.9 Å². The summed E-state index contributed by atoms with van der Waals surface area (Å²) in [4.78, 5) is 19.5. The minimum atomic E-state index is -2.27. The van der Waals surface area contributed by atoms with Gasteiger partial charge in [0, 0.05) is 6.54 Å². The Hall–Kier alpha value is -2.20. The summed E-state index contributed by atoms with van der Waals surface area (Å²) in [7, 11) is 1.77. The van der Waals surface area contributed by atoms with Crippen LogP contribution < -0.4 is 5.32 Å². The highest BCUT2D eigenvalue weighted by Gasteiger charge is 2.29. The third-order valence-corrected chi connectivity index (χ3v) is 2.46. The molecule has 124 valence electrons. The molecule has 0 amide bonds. The van der Waals surface area contributed by atoms with Crippen LogP contribution in [0.3, 0.4) is 0 Å². The van der Waals surface area contributed by atoms with Crippen LogP contribution in [-0.2, 0) is 9.59 Å². The number of aliphatic hydroxyl groups is 3. The van der Waals surface area contributed by atoms with Crippen LogP contribution in [0.2, 0.25) is 0 Å². The second-order valence-corrected chi connectivity index (χ2v) is 4.23. The van der Waals surface area contributed by atoms with Crippen LogP contribution in [0.15, 0.2) is 24.3 Å². The molecule has 9 nitrogen and oxygen atoms in total. The zero-order valence-corrected chi connectivity index (χ0v) is 11.7. The molecule has 0 aliphatic heterocycles. The first-order valence-corrected chi connectivity index (χ1v) is 6.14. The molecule has 0 heterocycles. The van der Waals surface area contributed by atoms with Crippen molar-refractivity contribution in [2.45, 2.75) is 18.3 Å². The normalized spacial score (nSPS) is 14.2. The second-order valence-electron chi connectivity index (χ2n) is 4.23. The molecule has 0 spiro atoms. The van der Waals surface area contributed by atoms with Crippen LogP contribution in [0.25, 0.3) is 0 Å². The monoisotopic (exact) mass is 317 g/mol. The number of aliphatic hydroxyl groups excluding tert-OH is 3. The Bertz CT molecular complexity index is 475. The summed E-state index contributed by atoms with van der Waals surface area (Å²) in [6.45, 7) is 0.490. The molecule has 0 aliphatic rings. The predicted molar refractivity (Wildman–Crippen MR) is 74.3 cm³/mol. The van der Waals surface area contributed by atoms with Crippen molar-refractivity contribution >= 4 is 11.9 Å². The highest BCUT2D eigenvalue weighted by molar-refractivity contribution is 5.83.